The zero-order valence-corrected chi connectivity index (χ0v) is 17.6. The number of fused-ring (bicyclic) bond motifs is 1. The zero-order valence-electron chi connectivity index (χ0n) is 17.6. The minimum absolute atomic E-state index is 0.0332. The Bertz CT molecular complexity index is 1510. The fourth-order valence-electron chi connectivity index (χ4n) is 3.72. The number of nitrogens with zero attached hydrogens (tertiary/aromatic N) is 4. The van der Waals surface area contributed by atoms with Crippen molar-refractivity contribution in [3.05, 3.63) is 87.9 Å². The number of hydrogen-bond acceptors (Lipinski definition) is 6. The summed E-state index contributed by atoms with van der Waals surface area (Å²) in [5.41, 5.74) is 3.87. The number of anilines is 2. The number of nitriles is 1. The van der Waals surface area contributed by atoms with Gasteiger partial charge < -0.3 is 11.1 Å². The minimum Gasteiger partial charge on any atom is -0.382 e. The Morgan fingerprint density at radius 3 is 2.56 bits per heavy atom. The van der Waals surface area contributed by atoms with Gasteiger partial charge in [0.15, 0.2) is 0 Å². The third-order valence-electron chi connectivity index (χ3n) is 5.23. The van der Waals surface area contributed by atoms with Gasteiger partial charge in [-0.05, 0) is 42.6 Å². The van der Waals surface area contributed by atoms with Crippen LogP contribution in [-0.2, 0) is 6.18 Å². The van der Waals surface area contributed by atoms with Gasteiger partial charge >= 0.3 is 6.18 Å². The molecule has 172 valence electrons. The highest BCUT2D eigenvalue weighted by molar-refractivity contribution is 5.86. The van der Waals surface area contributed by atoms with Gasteiger partial charge in [0.2, 0.25) is 0 Å². The van der Waals surface area contributed by atoms with Gasteiger partial charge in [0.05, 0.1) is 22.7 Å². The smallest absolute Gasteiger partial charge is 0.382 e. The maximum Gasteiger partial charge on any atom is 0.417 e. The molecule has 1 unspecified atom stereocenters. The van der Waals surface area contributed by atoms with Crippen molar-refractivity contribution in [3.8, 4) is 11.8 Å². The van der Waals surface area contributed by atoms with Crippen molar-refractivity contribution in [2.24, 2.45) is 0 Å². The molecule has 0 aliphatic carbocycles. The van der Waals surface area contributed by atoms with Crippen molar-refractivity contribution in [1.82, 2.24) is 14.5 Å². The summed E-state index contributed by atoms with van der Waals surface area (Å²) in [6.45, 7) is 1.61. The molecule has 4 rings (SSSR count). The highest BCUT2D eigenvalue weighted by atomic mass is 19.4. The molecule has 1 atom stereocenters. The van der Waals surface area contributed by atoms with Crippen LogP contribution in [0.5, 0.6) is 0 Å². The average Bonchev–Trinajstić information content (AvgIpc) is 2.78. The predicted octanol–water partition coefficient (Wildman–Crippen LogP) is 4.57. The summed E-state index contributed by atoms with van der Waals surface area (Å²) in [5, 5.41) is 11.8. The molecule has 34 heavy (non-hydrogen) atoms. The van der Waals surface area contributed by atoms with Gasteiger partial charge in [-0.1, -0.05) is 18.2 Å². The minimum atomic E-state index is -4.77. The molecular formula is C23H16F4N6O. The Hall–Kier alpha value is -4.46. The van der Waals surface area contributed by atoms with Crippen molar-refractivity contribution in [3.63, 3.8) is 0 Å². The molecule has 7 nitrogen and oxygen atoms in total. The third kappa shape index (κ3) is 4.01. The average molecular weight is 468 g/mol. The first-order valence-corrected chi connectivity index (χ1v) is 9.90. The van der Waals surface area contributed by atoms with Gasteiger partial charge in [0.25, 0.3) is 5.56 Å². The highest BCUT2D eigenvalue weighted by Gasteiger charge is 2.34. The van der Waals surface area contributed by atoms with Crippen LogP contribution in [0.15, 0.2) is 59.7 Å². The number of aromatic nitrogens is 3. The Morgan fingerprint density at radius 1 is 1.15 bits per heavy atom. The number of alkyl halides is 3. The summed E-state index contributed by atoms with van der Waals surface area (Å²) in [7, 11) is 0. The SMILES string of the molecule is CC(Nc1ncnc(N)c1C#N)c1cc2cccc(C(F)(F)F)c2c(=O)n1-c1cccc(F)c1. The molecule has 2 aromatic carbocycles. The second-order valence-corrected chi connectivity index (χ2v) is 7.42. The lowest BCUT2D eigenvalue weighted by atomic mass is 10.0. The molecule has 0 aliphatic rings. The molecule has 3 N–H and O–H groups in total. The summed E-state index contributed by atoms with van der Waals surface area (Å²) in [6.07, 6.45) is -3.63. The van der Waals surface area contributed by atoms with Gasteiger partial charge in [-0.2, -0.15) is 18.4 Å². The number of hydrogen-bond donors (Lipinski definition) is 2. The number of nitrogen functional groups attached to an aromatic ring is 1. The molecular weight excluding hydrogens is 452 g/mol. The maximum absolute atomic E-state index is 14.0. The van der Waals surface area contributed by atoms with E-state index in [1.165, 1.54) is 30.3 Å². The normalized spacial score (nSPS) is 12.4. The van der Waals surface area contributed by atoms with Crippen LogP contribution in [0.4, 0.5) is 29.2 Å². The maximum atomic E-state index is 14.0. The molecule has 0 radical (unpaired) electrons. The molecule has 4 aromatic rings. The monoisotopic (exact) mass is 468 g/mol. The van der Waals surface area contributed by atoms with E-state index in [-0.39, 0.29) is 34.0 Å². The second kappa shape index (κ2) is 8.47. The lowest BCUT2D eigenvalue weighted by molar-refractivity contribution is -0.136. The fourth-order valence-corrected chi connectivity index (χ4v) is 3.72. The quantitative estimate of drug-likeness (QED) is 0.425. The first kappa shape index (κ1) is 22.7. The van der Waals surface area contributed by atoms with Crippen LogP contribution in [0.2, 0.25) is 0 Å². The van der Waals surface area contributed by atoms with Gasteiger partial charge in [0, 0.05) is 5.69 Å². The van der Waals surface area contributed by atoms with Crippen LogP contribution in [0, 0.1) is 17.1 Å². The number of halogens is 4. The Balaban J connectivity index is 2.00. The number of rotatable bonds is 4. The van der Waals surface area contributed by atoms with E-state index in [4.69, 9.17) is 5.73 Å². The zero-order chi connectivity index (χ0) is 24.6. The molecule has 0 amide bonds. The van der Waals surface area contributed by atoms with E-state index in [9.17, 15) is 27.6 Å². The second-order valence-electron chi connectivity index (χ2n) is 7.42. The van der Waals surface area contributed by atoms with Gasteiger partial charge in [-0.3, -0.25) is 9.36 Å². The van der Waals surface area contributed by atoms with Crippen molar-refractivity contribution in [2.75, 3.05) is 11.1 Å². The summed E-state index contributed by atoms with van der Waals surface area (Å²) in [5.74, 6) is -0.663. The van der Waals surface area contributed by atoms with Crippen LogP contribution in [0.3, 0.4) is 0 Å². The van der Waals surface area contributed by atoms with Crippen molar-refractivity contribution in [2.45, 2.75) is 19.1 Å². The highest BCUT2D eigenvalue weighted by Crippen LogP contribution is 2.35. The largest absolute Gasteiger partial charge is 0.417 e. The van der Waals surface area contributed by atoms with E-state index in [1.54, 1.807) is 6.92 Å². The standard InChI is InChI=1S/C23H16F4N6O/c1-12(32-21-16(10-28)20(29)30-11-31-21)18-8-13-4-2-7-17(23(25,26)27)19(13)22(34)33(18)15-6-3-5-14(24)9-15/h2-9,11-12H,1H3,(H3,29,30,31,32). The first-order chi connectivity index (χ1) is 16.1. The lowest BCUT2D eigenvalue weighted by Gasteiger charge is -2.22. The van der Waals surface area contributed by atoms with Crippen LogP contribution >= 0.6 is 0 Å². The van der Waals surface area contributed by atoms with E-state index in [2.05, 4.69) is 15.3 Å². The van der Waals surface area contributed by atoms with Crippen molar-refractivity contribution >= 4 is 22.4 Å². The number of pyridine rings is 1. The molecule has 2 aromatic heterocycles. The van der Waals surface area contributed by atoms with Gasteiger partial charge in [0.1, 0.15) is 35.4 Å². The third-order valence-corrected chi connectivity index (χ3v) is 5.23. The van der Waals surface area contributed by atoms with E-state index in [1.807, 2.05) is 6.07 Å². The molecule has 0 spiro atoms. The number of nitrogens with two attached hydrogens (primary N) is 1. The van der Waals surface area contributed by atoms with Crippen LogP contribution in [-0.4, -0.2) is 14.5 Å². The summed E-state index contributed by atoms with van der Waals surface area (Å²) >= 11 is 0. The lowest BCUT2D eigenvalue weighted by Crippen LogP contribution is -2.27. The molecule has 0 bridgehead atoms. The molecule has 11 heteroatoms. The van der Waals surface area contributed by atoms with E-state index >= 15 is 0 Å². The van der Waals surface area contributed by atoms with Gasteiger partial charge in [-0.25, -0.2) is 14.4 Å². The van der Waals surface area contributed by atoms with Crippen LogP contribution in [0.1, 0.15) is 29.8 Å². The van der Waals surface area contributed by atoms with Crippen molar-refractivity contribution in [1.29, 1.82) is 5.26 Å². The summed E-state index contributed by atoms with van der Waals surface area (Å²) in [4.78, 5) is 21.2. The van der Waals surface area contributed by atoms with E-state index in [0.29, 0.717) is 0 Å². The summed E-state index contributed by atoms with van der Waals surface area (Å²) < 4.78 is 56.1. The Labute approximate surface area is 190 Å². The van der Waals surface area contributed by atoms with Crippen LogP contribution in [0.25, 0.3) is 16.5 Å². The number of nitrogens with one attached hydrogen (secondary N) is 1. The molecule has 0 saturated carbocycles. The van der Waals surface area contributed by atoms with Crippen molar-refractivity contribution < 1.29 is 17.6 Å². The Morgan fingerprint density at radius 2 is 1.88 bits per heavy atom. The molecule has 0 fully saturated rings. The van der Waals surface area contributed by atoms with Gasteiger partial charge in [-0.15, -0.1) is 0 Å². The Kier molecular flexibility index (Phi) is 5.66. The fraction of sp³-hybridized carbons (Fsp3) is 0.130. The molecule has 2 heterocycles. The van der Waals surface area contributed by atoms with E-state index in [0.717, 1.165) is 29.1 Å². The first-order valence-electron chi connectivity index (χ1n) is 9.90. The van der Waals surface area contributed by atoms with Crippen LogP contribution < -0.4 is 16.6 Å². The van der Waals surface area contributed by atoms with E-state index < -0.39 is 34.5 Å². The topological polar surface area (TPSA) is 110 Å². The predicted molar refractivity (Wildman–Crippen MR) is 118 cm³/mol. The molecule has 0 aliphatic heterocycles. The number of benzene rings is 2. The molecule has 0 saturated heterocycles. The summed E-state index contributed by atoms with van der Waals surface area (Å²) in [6, 6.07) is 10.9.